The Bertz CT molecular complexity index is 1070. The van der Waals surface area contributed by atoms with Gasteiger partial charge in [0.25, 0.3) is 0 Å². The molecule has 4 aromatic rings. The van der Waals surface area contributed by atoms with Crippen LogP contribution in [0.15, 0.2) is 77.4 Å². The number of furan rings is 1. The second kappa shape index (κ2) is 8.61. The lowest BCUT2D eigenvalue weighted by Crippen LogP contribution is -2.00. The maximum Gasteiger partial charge on any atom is 0.337 e. The molecule has 0 aliphatic rings. The lowest BCUT2D eigenvalue weighted by Gasteiger charge is -2.07. The van der Waals surface area contributed by atoms with Crippen molar-refractivity contribution in [3.8, 4) is 22.7 Å². The van der Waals surface area contributed by atoms with Gasteiger partial charge in [-0.1, -0.05) is 42.5 Å². The number of benzene rings is 2. The molecule has 5 heteroatoms. The highest BCUT2D eigenvalue weighted by atomic mass is 16.5. The van der Waals surface area contributed by atoms with Crippen LogP contribution in [0.1, 0.15) is 27.9 Å². The van der Waals surface area contributed by atoms with E-state index in [-0.39, 0.29) is 5.97 Å². The highest BCUT2D eigenvalue weighted by Gasteiger charge is 2.18. The van der Waals surface area contributed by atoms with Gasteiger partial charge in [0.1, 0.15) is 5.69 Å². The maximum atomic E-state index is 11.7. The number of hydrogen-bond acceptors (Lipinski definition) is 4. The largest absolute Gasteiger partial charge is 0.465 e. The third-order valence-corrected chi connectivity index (χ3v) is 4.95. The first kappa shape index (κ1) is 18.7. The zero-order chi connectivity index (χ0) is 20.1. The Kier molecular flexibility index (Phi) is 5.56. The van der Waals surface area contributed by atoms with Crippen LogP contribution in [0.3, 0.4) is 0 Å². The summed E-state index contributed by atoms with van der Waals surface area (Å²) in [5, 5.41) is 7.70. The molecule has 146 valence electrons. The van der Waals surface area contributed by atoms with E-state index >= 15 is 0 Å². The SMILES string of the molecule is COC(=O)c1ccc(-c2n[nH]c(-c3ccco3)c2CCCc2ccccc2)cc1. The van der Waals surface area contributed by atoms with Crippen LogP contribution in [0.4, 0.5) is 0 Å². The van der Waals surface area contributed by atoms with Gasteiger partial charge in [0.05, 0.1) is 24.6 Å². The van der Waals surface area contributed by atoms with Crippen molar-refractivity contribution in [1.29, 1.82) is 0 Å². The highest BCUT2D eigenvalue weighted by Crippen LogP contribution is 2.32. The third-order valence-electron chi connectivity index (χ3n) is 4.95. The predicted octanol–water partition coefficient (Wildman–Crippen LogP) is 5.30. The molecule has 2 aromatic carbocycles. The van der Waals surface area contributed by atoms with Crippen LogP contribution in [-0.4, -0.2) is 23.3 Å². The quantitative estimate of drug-likeness (QED) is 0.438. The predicted molar refractivity (Wildman–Crippen MR) is 112 cm³/mol. The number of H-pyrrole nitrogens is 1. The van der Waals surface area contributed by atoms with Gasteiger partial charge in [-0.2, -0.15) is 5.10 Å². The molecule has 1 N–H and O–H groups in total. The van der Waals surface area contributed by atoms with E-state index in [2.05, 4.69) is 34.5 Å². The molecule has 0 atom stereocenters. The van der Waals surface area contributed by atoms with Crippen LogP contribution in [0.5, 0.6) is 0 Å². The summed E-state index contributed by atoms with van der Waals surface area (Å²) in [5.41, 5.74) is 5.67. The number of rotatable bonds is 7. The Morgan fingerprint density at radius 3 is 2.48 bits per heavy atom. The second-order valence-electron chi connectivity index (χ2n) is 6.81. The number of hydrogen-bond donors (Lipinski definition) is 1. The van der Waals surface area contributed by atoms with E-state index in [9.17, 15) is 4.79 Å². The molecule has 0 aliphatic heterocycles. The number of aromatic nitrogens is 2. The van der Waals surface area contributed by atoms with Crippen molar-refractivity contribution in [3.05, 3.63) is 89.7 Å². The molecule has 2 heterocycles. The number of nitrogens with one attached hydrogen (secondary N) is 1. The first-order valence-electron chi connectivity index (χ1n) is 9.60. The molecule has 5 nitrogen and oxygen atoms in total. The molecule has 29 heavy (non-hydrogen) atoms. The van der Waals surface area contributed by atoms with Crippen molar-refractivity contribution in [1.82, 2.24) is 10.2 Å². The lowest BCUT2D eigenvalue weighted by atomic mass is 9.98. The average molecular weight is 386 g/mol. The van der Waals surface area contributed by atoms with Crippen molar-refractivity contribution in [2.24, 2.45) is 0 Å². The normalized spacial score (nSPS) is 10.8. The van der Waals surface area contributed by atoms with E-state index in [1.54, 1.807) is 18.4 Å². The summed E-state index contributed by atoms with van der Waals surface area (Å²) < 4.78 is 10.4. The number of esters is 1. The summed E-state index contributed by atoms with van der Waals surface area (Å²) >= 11 is 0. The van der Waals surface area contributed by atoms with Crippen LogP contribution in [0, 0.1) is 0 Å². The number of methoxy groups -OCH3 is 1. The minimum absolute atomic E-state index is 0.349. The van der Waals surface area contributed by atoms with Crippen molar-refractivity contribution in [2.45, 2.75) is 19.3 Å². The van der Waals surface area contributed by atoms with Crippen LogP contribution < -0.4 is 0 Å². The summed E-state index contributed by atoms with van der Waals surface area (Å²) in [5.74, 6) is 0.419. The first-order chi connectivity index (χ1) is 14.3. The molecule has 4 rings (SSSR count). The fourth-order valence-electron chi connectivity index (χ4n) is 3.47. The maximum absolute atomic E-state index is 11.7. The van der Waals surface area contributed by atoms with E-state index in [1.165, 1.54) is 12.7 Å². The molecule has 0 radical (unpaired) electrons. The minimum Gasteiger partial charge on any atom is -0.465 e. The van der Waals surface area contributed by atoms with Crippen molar-refractivity contribution < 1.29 is 13.9 Å². The Balaban J connectivity index is 1.62. The number of ether oxygens (including phenoxy) is 1. The summed E-state index contributed by atoms with van der Waals surface area (Å²) in [4.78, 5) is 11.7. The summed E-state index contributed by atoms with van der Waals surface area (Å²) in [6.07, 6.45) is 4.50. The number of nitrogens with zero attached hydrogens (tertiary/aromatic N) is 1. The Labute approximate surface area is 169 Å². The van der Waals surface area contributed by atoms with Gasteiger partial charge >= 0.3 is 5.97 Å². The number of carbonyl (C=O) groups excluding carboxylic acids is 1. The van der Waals surface area contributed by atoms with Gasteiger partial charge in [0, 0.05) is 11.1 Å². The Hall–Kier alpha value is -3.60. The zero-order valence-electron chi connectivity index (χ0n) is 16.2. The molecule has 2 aromatic heterocycles. The molecule has 0 spiro atoms. The molecular weight excluding hydrogens is 364 g/mol. The van der Waals surface area contributed by atoms with Crippen LogP contribution >= 0.6 is 0 Å². The molecule has 0 aliphatic carbocycles. The standard InChI is InChI=1S/C24H22N2O3/c1-28-24(27)19-14-12-18(13-15-19)22-20(10-5-9-17-7-3-2-4-8-17)23(26-25-22)21-11-6-16-29-21/h2-4,6-8,11-16H,5,9-10H2,1H3,(H,25,26). The van der Waals surface area contributed by atoms with Crippen LogP contribution in [0.2, 0.25) is 0 Å². The zero-order valence-corrected chi connectivity index (χ0v) is 16.2. The fraction of sp³-hybridized carbons (Fsp3) is 0.167. The van der Waals surface area contributed by atoms with Crippen molar-refractivity contribution >= 4 is 5.97 Å². The van der Waals surface area contributed by atoms with Gasteiger partial charge in [0.15, 0.2) is 5.76 Å². The smallest absolute Gasteiger partial charge is 0.337 e. The van der Waals surface area contributed by atoms with Crippen molar-refractivity contribution in [2.75, 3.05) is 7.11 Å². The number of aromatic amines is 1. The highest BCUT2D eigenvalue weighted by molar-refractivity contribution is 5.90. The van der Waals surface area contributed by atoms with Crippen LogP contribution in [0.25, 0.3) is 22.7 Å². The second-order valence-corrected chi connectivity index (χ2v) is 6.81. The number of carbonyl (C=O) groups is 1. The van der Waals surface area contributed by atoms with Gasteiger partial charge in [-0.15, -0.1) is 0 Å². The first-order valence-corrected chi connectivity index (χ1v) is 9.60. The Morgan fingerprint density at radius 2 is 1.79 bits per heavy atom. The van der Waals surface area contributed by atoms with Gasteiger partial charge in [-0.3, -0.25) is 5.10 Å². The van der Waals surface area contributed by atoms with E-state index in [0.29, 0.717) is 5.56 Å². The number of aryl methyl sites for hydroxylation is 1. The summed E-state index contributed by atoms with van der Waals surface area (Å²) in [7, 11) is 1.38. The van der Waals surface area contributed by atoms with Crippen molar-refractivity contribution in [3.63, 3.8) is 0 Å². The van der Waals surface area contributed by atoms with Gasteiger partial charge in [-0.25, -0.2) is 4.79 Å². The topological polar surface area (TPSA) is 68.1 Å². The molecule has 0 bridgehead atoms. The van der Waals surface area contributed by atoms with E-state index in [1.807, 2.05) is 30.3 Å². The van der Waals surface area contributed by atoms with Gasteiger partial charge < -0.3 is 9.15 Å². The summed E-state index contributed by atoms with van der Waals surface area (Å²) in [6, 6.07) is 21.6. The van der Waals surface area contributed by atoms with Crippen LogP contribution in [-0.2, 0) is 17.6 Å². The Morgan fingerprint density at radius 1 is 1.00 bits per heavy atom. The molecule has 0 amide bonds. The molecule has 0 fully saturated rings. The minimum atomic E-state index is -0.349. The van der Waals surface area contributed by atoms with E-state index in [4.69, 9.17) is 9.15 Å². The fourth-order valence-corrected chi connectivity index (χ4v) is 3.47. The third kappa shape index (κ3) is 4.14. The van der Waals surface area contributed by atoms with E-state index < -0.39 is 0 Å². The molecule has 0 unspecified atom stereocenters. The average Bonchev–Trinajstić information content (AvgIpc) is 3.44. The molecule has 0 saturated heterocycles. The van der Waals surface area contributed by atoms with Gasteiger partial charge in [-0.05, 0) is 49.1 Å². The van der Waals surface area contributed by atoms with E-state index in [0.717, 1.165) is 47.5 Å². The summed E-state index contributed by atoms with van der Waals surface area (Å²) in [6.45, 7) is 0. The monoisotopic (exact) mass is 386 g/mol. The van der Waals surface area contributed by atoms with Gasteiger partial charge in [0.2, 0.25) is 0 Å². The molecule has 0 saturated carbocycles. The molecular formula is C24H22N2O3. The lowest BCUT2D eigenvalue weighted by molar-refractivity contribution is 0.0601.